The molecule has 2 heterocycles. The van der Waals surface area contributed by atoms with Crippen LogP contribution >= 0.6 is 0 Å². The minimum atomic E-state index is -0.538. The third-order valence-corrected chi connectivity index (χ3v) is 14.7. The number of hydrogen-bond acceptors (Lipinski definition) is 3. The van der Waals surface area contributed by atoms with E-state index < -0.39 is 5.41 Å². The molecule has 270 valence electrons. The molecule has 0 bridgehead atoms. The Labute approximate surface area is 342 Å². The van der Waals surface area contributed by atoms with Gasteiger partial charge in [-0.05, 0) is 0 Å². The van der Waals surface area contributed by atoms with E-state index >= 15 is 0 Å². The standard InChI is InChI=1S/C54H33N3Se/c1-3-14-34(15-4-1)40-25-26-44(52(48-29-31-55-57-56-48)50(40)35-16-5-2-6-17-35)53-51(43-22-11-12-24-49(43)58-53)45-28-27-42-39-21-10-8-19-37(39)33-47(42)54(45)30-13-23-41-38-20-9-7-18-36(38)32-46(41)54/h1-33H. The van der Waals surface area contributed by atoms with Gasteiger partial charge in [0.1, 0.15) is 0 Å². The molecule has 12 rings (SSSR count). The Kier molecular flexibility index (Phi) is 7.46. The average molecular weight is 803 g/mol. The van der Waals surface area contributed by atoms with Gasteiger partial charge in [0.25, 0.3) is 0 Å². The van der Waals surface area contributed by atoms with Crippen molar-refractivity contribution < 1.29 is 0 Å². The Morgan fingerprint density at radius 2 is 1.10 bits per heavy atom. The number of fused-ring (bicyclic) bond motifs is 9. The molecular formula is C54H33N3Se. The summed E-state index contributed by atoms with van der Waals surface area (Å²) in [5.41, 5.74) is 20.1. The first-order valence-corrected chi connectivity index (χ1v) is 21.4. The summed E-state index contributed by atoms with van der Waals surface area (Å²) in [5.74, 6) is 0. The van der Waals surface area contributed by atoms with E-state index in [1.54, 1.807) is 6.20 Å². The first kappa shape index (κ1) is 33.2. The Morgan fingerprint density at radius 1 is 0.466 bits per heavy atom. The molecule has 0 saturated heterocycles. The van der Waals surface area contributed by atoms with Crippen LogP contribution in [0.1, 0.15) is 27.8 Å². The van der Waals surface area contributed by atoms with Gasteiger partial charge >= 0.3 is 345 Å². The van der Waals surface area contributed by atoms with Crippen LogP contribution < -0.4 is 0 Å². The zero-order valence-corrected chi connectivity index (χ0v) is 33.0. The van der Waals surface area contributed by atoms with Gasteiger partial charge in [-0.1, -0.05) is 0 Å². The van der Waals surface area contributed by atoms with Crippen molar-refractivity contribution in [3.05, 3.63) is 227 Å². The molecule has 0 radical (unpaired) electrons. The second-order valence-corrected chi connectivity index (χ2v) is 17.4. The number of nitrogens with zero attached hydrogens (tertiary/aromatic N) is 3. The van der Waals surface area contributed by atoms with Crippen molar-refractivity contribution in [2.45, 2.75) is 0 Å². The summed E-state index contributed by atoms with van der Waals surface area (Å²) in [5, 5.41) is 14.4. The fraction of sp³-hybridized carbons (Fsp3) is 0.0185. The molecular weight excluding hydrogens is 770 g/mol. The van der Waals surface area contributed by atoms with Gasteiger partial charge in [0.05, 0.1) is 0 Å². The van der Waals surface area contributed by atoms with E-state index in [0.717, 1.165) is 33.5 Å². The zero-order valence-electron chi connectivity index (χ0n) is 31.3. The van der Waals surface area contributed by atoms with Crippen LogP contribution in [-0.2, 0) is 0 Å². The molecule has 6 aromatic carbocycles. The van der Waals surface area contributed by atoms with E-state index in [-0.39, 0.29) is 14.5 Å². The molecule has 58 heavy (non-hydrogen) atoms. The summed E-state index contributed by atoms with van der Waals surface area (Å²) >= 11 is -0.0214. The first-order valence-electron chi connectivity index (χ1n) is 19.7. The molecule has 0 saturated carbocycles. The van der Waals surface area contributed by atoms with Crippen LogP contribution in [0.15, 0.2) is 199 Å². The van der Waals surface area contributed by atoms with Gasteiger partial charge in [0, 0.05) is 0 Å². The molecule has 4 heteroatoms. The van der Waals surface area contributed by atoms with Crippen molar-refractivity contribution in [2.75, 3.05) is 0 Å². The van der Waals surface area contributed by atoms with Crippen molar-refractivity contribution in [3.8, 4) is 43.5 Å². The monoisotopic (exact) mass is 803 g/mol. The average Bonchev–Trinajstić information content (AvgIpc) is 4.00. The van der Waals surface area contributed by atoms with Gasteiger partial charge in [-0.3, -0.25) is 0 Å². The predicted octanol–water partition coefficient (Wildman–Crippen LogP) is 12.7. The molecule has 0 N–H and O–H groups in total. The van der Waals surface area contributed by atoms with Crippen LogP contribution in [-0.4, -0.2) is 29.9 Å². The van der Waals surface area contributed by atoms with E-state index in [1.807, 2.05) is 6.07 Å². The van der Waals surface area contributed by atoms with Crippen LogP contribution in [0.3, 0.4) is 0 Å². The Balaban J connectivity index is 1.19. The minimum absolute atomic E-state index is 0.0214. The Bertz CT molecular complexity index is 3170. The van der Waals surface area contributed by atoms with Crippen LogP contribution in [0, 0.1) is 5.41 Å². The van der Waals surface area contributed by atoms with E-state index in [1.165, 1.54) is 75.3 Å². The Hall–Kier alpha value is -6.97. The fourth-order valence-electron chi connectivity index (χ4n) is 9.77. The molecule has 0 amide bonds. The molecule has 3 nitrogen and oxygen atoms in total. The summed E-state index contributed by atoms with van der Waals surface area (Å²) in [6, 6.07) is 55.0. The number of aromatic nitrogens is 3. The van der Waals surface area contributed by atoms with E-state index in [0.29, 0.717) is 0 Å². The topological polar surface area (TPSA) is 38.7 Å². The predicted molar refractivity (Wildman–Crippen MR) is 240 cm³/mol. The quantitative estimate of drug-likeness (QED) is 0.163. The van der Waals surface area contributed by atoms with Gasteiger partial charge < -0.3 is 0 Å². The molecule has 8 aromatic rings. The van der Waals surface area contributed by atoms with Crippen molar-refractivity contribution in [3.63, 3.8) is 0 Å². The second kappa shape index (κ2) is 13.0. The van der Waals surface area contributed by atoms with Crippen molar-refractivity contribution in [2.24, 2.45) is 5.41 Å². The van der Waals surface area contributed by atoms with Crippen LogP contribution in [0.4, 0.5) is 0 Å². The molecule has 1 unspecified atom stereocenters. The van der Waals surface area contributed by atoms with Crippen LogP contribution in [0.25, 0.3) is 82.0 Å². The van der Waals surface area contributed by atoms with Crippen molar-refractivity contribution in [1.82, 2.24) is 15.4 Å². The fourth-order valence-corrected chi connectivity index (χ4v) is 12.4. The maximum atomic E-state index is 4.77. The molecule has 0 fully saturated rings. The number of allylic oxidation sites excluding steroid dienone is 10. The summed E-state index contributed by atoms with van der Waals surface area (Å²) in [6.07, 6.45) is 18.6. The van der Waals surface area contributed by atoms with Gasteiger partial charge in [-0.15, -0.1) is 0 Å². The normalized spacial score (nSPS) is 17.1. The summed E-state index contributed by atoms with van der Waals surface area (Å²) < 4.78 is 2.73. The number of benzene rings is 6. The van der Waals surface area contributed by atoms with Crippen molar-refractivity contribution in [1.29, 1.82) is 0 Å². The third-order valence-electron chi connectivity index (χ3n) is 12.2. The molecule has 1 atom stereocenters. The SMILES string of the molecule is C1=CC2(C3=Cc4ccccc4C3=C1)C1=Cc3ccccc3C1=CC=C2c1c(-c2ccc(-c3ccccc3)c(-c3ccccc3)c2-c2ccnnn2)[se]c2ccccc12. The van der Waals surface area contributed by atoms with Crippen LogP contribution in [0.5, 0.6) is 0 Å². The number of hydrogen-bond donors (Lipinski definition) is 0. The molecule has 2 aromatic heterocycles. The van der Waals surface area contributed by atoms with Gasteiger partial charge in [0.2, 0.25) is 0 Å². The van der Waals surface area contributed by atoms with E-state index in [2.05, 4.69) is 198 Å². The summed E-state index contributed by atoms with van der Waals surface area (Å²) in [6.45, 7) is 0. The second-order valence-electron chi connectivity index (χ2n) is 15.1. The Morgan fingerprint density at radius 3 is 1.83 bits per heavy atom. The maximum absolute atomic E-state index is 4.77. The van der Waals surface area contributed by atoms with Crippen molar-refractivity contribution >= 4 is 53.0 Å². The zero-order chi connectivity index (χ0) is 38.2. The van der Waals surface area contributed by atoms with E-state index in [4.69, 9.17) is 5.10 Å². The third kappa shape index (κ3) is 4.83. The van der Waals surface area contributed by atoms with Gasteiger partial charge in [-0.2, -0.15) is 0 Å². The first-order chi connectivity index (χ1) is 28.8. The molecule has 1 spiro atoms. The number of rotatable bonds is 5. The van der Waals surface area contributed by atoms with Crippen LogP contribution in [0.2, 0.25) is 0 Å². The summed E-state index contributed by atoms with van der Waals surface area (Å²) in [7, 11) is 0. The molecule has 4 aliphatic carbocycles. The van der Waals surface area contributed by atoms with E-state index in [9.17, 15) is 0 Å². The van der Waals surface area contributed by atoms with Gasteiger partial charge in [-0.25, -0.2) is 0 Å². The van der Waals surface area contributed by atoms with Gasteiger partial charge in [0.15, 0.2) is 0 Å². The molecule has 4 aliphatic rings. The molecule has 0 aliphatic heterocycles. The summed E-state index contributed by atoms with van der Waals surface area (Å²) in [4.78, 5) is 0.